The average Bonchev–Trinajstić information content (AvgIpc) is 3.30. The van der Waals surface area contributed by atoms with E-state index in [1.165, 1.54) is 68.8 Å². The Bertz CT molecular complexity index is 2820. The Kier molecular flexibility index (Phi) is 18.6. The number of Topliss-reactive ketones (excluding diaryl/α,β-unsaturated/α-hetero) is 2. The molecule has 0 spiro atoms. The van der Waals surface area contributed by atoms with Crippen molar-refractivity contribution in [3.63, 3.8) is 0 Å². The van der Waals surface area contributed by atoms with Crippen molar-refractivity contribution in [1.82, 2.24) is 0 Å². The molecule has 4 N–H and O–H groups in total. The molecule has 4 amide bonds. The molecule has 68 heavy (non-hydrogen) atoms. The lowest BCUT2D eigenvalue weighted by Crippen LogP contribution is -2.32. The molecule has 0 aromatic heterocycles. The maximum atomic E-state index is 13.4. The van der Waals surface area contributed by atoms with Crippen molar-refractivity contribution in [2.24, 2.45) is 20.5 Å². The Balaban J connectivity index is 1.26. The summed E-state index contributed by atoms with van der Waals surface area (Å²) < 4.78 is 10.8. The summed E-state index contributed by atoms with van der Waals surface area (Å²) in [5, 5.41) is 26.4. The Morgan fingerprint density at radius 3 is 1.38 bits per heavy atom. The third-order valence-corrected chi connectivity index (χ3v) is 11.3. The van der Waals surface area contributed by atoms with Gasteiger partial charge in [0.25, 0.3) is 23.6 Å². The van der Waals surface area contributed by atoms with Gasteiger partial charge in [-0.05, 0) is 123 Å². The third-order valence-electron chi connectivity index (χ3n) is 9.87. The number of nitrogens with one attached hydrogen (secondary N) is 4. The van der Waals surface area contributed by atoms with Crippen LogP contribution in [0.1, 0.15) is 75.9 Å². The molecule has 4 atom stereocenters. The molecular weight excluding hydrogens is 982 g/mol. The van der Waals surface area contributed by atoms with Crippen LogP contribution in [0.2, 0.25) is 10.0 Å². The van der Waals surface area contributed by atoms with Crippen LogP contribution in [0.25, 0.3) is 0 Å². The topological polar surface area (TPSA) is 218 Å². The Morgan fingerprint density at radius 2 is 0.985 bits per heavy atom. The highest BCUT2D eigenvalue weighted by molar-refractivity contribution is 6.35. The predicted octanol–water partition coefficient (Wildman–Crippen LogP) is 12.2. The lowest BCUT2D eigenvalue weighted by atomic mass is 10.1. The van der Waals surface area contributed by atoms with E-state index in [4.69, 9.17) is 67.5 Å². The summed E-state index contributed by atoms with van der Waals surface area (Å²) >= 11 is 31.3. The predicted molar refractivity (Wildman–Crippen MR) is 265 cm³/mol. The zero-order valence-electron chi connectivity index (χ0n) is 37.1. The molecule has 5 aromatic rings. The Hall–Kier alpha value is -6.43. The van der Waals surface area contributed by atoms with Crippen LogP contribution >= 0.6 is 58.0 Å². The Labute approximate surface area is 416 Å². The number of hydrogen-bond acceptors (Lipinski definition) is 12. The van der Waals surface area contributed by atoms with Gasteiger partial charge in [-0.2, -0.15) is 20.5 Å². The zero-order valence-corrected chi connectivity index (χ0v) is 40.9. The summed E-state index contributed by atoms with van der Waals surface area (Å²) in [5.74, 6) is -3.58. The quantitative estimate of drug-likeness (QED) is 0.0353. The molecule has 5 aromatic carbocycles. The van der Waals surface area contributed by atoms with Gasteiger partial charge in [0.15, 0.2) is 11.6 Å². The van der Waals surface area contributed by atoms with Crippen molar-refractivity contribution in [2.45, 2.75) is 56.4 Å². The third kappa shape index (κ3) is 13.6. The molecule has 0 radical (unpaired) electrons. The van der Waals surface area contributed by atoms with Gasteiger partial charge in [0, 0.05) is 17.3 Å². The van der Waals surface area contributed by atoms with Gasteiger partial charge in [0.05, 0.1) is 68.9 Å². The largest absolute Gasteiger partial charge is 0.495 e. The number of carbonyl (C=O) groups excluding carboxylic acids is 6. The van der Waals surface area contributed by atoms with Crippen LogP contribution in [-0.4, -0.2) is 61.5 Å². The summed E-state index contributed by atoms with van der Waals surface area (Å²) in [7, 11) is 2.90. The molecule has 0 aliphatic heterocycles. The fourth-order valence-corrected chi connectivity index (χ4v) is 7.10. The van der Waals surface area contributed by atoms with Gasteiger partial charge < -0.3 is 30.7 Å². The smallest absolute Gasteiger partial charge is 0.258 e. The highest BCUT2D eigenvalue weighted by atomic mass is 35.5. The first-order valence-electron chi connectivity index (χ1n) is 20.3. The first kappa shape index (κ1) is 52.5. The van der Waals surface area contributed by atoms with Gasteiger partial charge in [-0.3, -0.25) is 28.8 Å². The number of carbonyl (C=O) groups is 6. The zero-order chi connectivity index (χ0) is 49.8. The summed E-state index contributed by atoms with van der Waals surface area (Å²) in [6.45, 7) is 5.91. The highest BCUT2D eigenvalue weighted by Crippen LogP contribution is 2.34. The molecule has 0 aliphatic carbocycles. The molecule has 4 unspecified atom stereocenters. The minimum absolute atomic E-state index is 0.0281. The molecule has 5 rings (SSSR count). The van der Waals surface area contributed by atoms with Gasteiger partial charge in [-0.25, -0.2) is 0 Å². The molecule has 354 valence electrons. The monoisotopic (exact) mass is 1020 g/mol. The van der Waals surface area contributed by atoms with Crippen LogP contribution in [0.4, 0.5) is 34.1 Å². The number of benzene rings is 5. The van der Waals surface area contributed by atoms with Gasteiger partial charge in [0.2, 0.25) is 12.1 Å². The van der Waals surface area contributed by atoms with Crippen molar-refractivity contribution in [3.8, 4) is 11.5 Å². The Morgan fingerprint density at radius 1 is 0.559 bits per heavy atom. The molecular formula is C47H43Cl5N8O8. The summed E-state index contributed by atoms with van der Waals surface area (Å²) in [6, 6.07) is 19.7. The maximum Gasteiger partial charge on any atom is 0.258 e. The van der Waals surface area contributed by atoms with Crippen molar-refractivity contribution in [1.29, 1.82) is 0 Å². The van der Waals surface area contributed by atoms with E-state index < -0.39 is 47.3 Å². The first-order valence-corrected chi connectivity index (χ1v) is 22.5. The molecule has 0 bridgehead atoms. The number of azo groups is 2. The molecule has 0 saturated heterocycles. The lowest BCUT2D eigenvalue weighted by molar-refractivity contribution is -0.127. The van der Waals surface area contributed by atoms with Crippen molar-refractivity contribution in [3.05, 3.63) is 129 Å². The van der Waals surface area contributed by atoms with Crippen LogP contribution in [0.5, 0.6) is 11.5 Å². The second kappa shape index (κ2) is 24.0. The SMILES string of the molecule is COc1cc(C(C)Cl)ccc1NC(=O)c1cc(N=NC(C(C)=O)C(=O)Nc2ccc(NC(=O)C(N=Nc3ccc(Cl)c(C(=O)Nc4ccc(C(C)Cl)cc4OC)c3)C(C)=O)c(CCl)c2)ccc1Cl. The number of ketones is 2. The lowest BCUT2D eigenvalue weighted by Gasteiger charge is -2.15. The number of ether oxygens (including phenoxy) is 2. The van der Waals surface area contributed by atoms with E-state index in [-0.39, 0.29) is 60.6 Å². The van der Waals surface area contributed by atoms with E-state index in [0.29, 0.717) is 28.4 Å². The number of methoxy groups -OCH3 is 2. The standard InChI is InChI=1S/C47H43Cl5N8O8/c1-23(49)27-7-14-38(40(18-27)67-5)55-44(63)33-20-31(9-12-35(33)51)57-59-42(25(3)61)46(65)53-30-11-16-37(29(17-30)22-48)54-47(66)43(26(4)62)60-58-32-10-13-36(52)34(21-32)45(64)56-39-15-8-28(24(2)50)19-41(39)68-6/h7-21,23-24,42-43H,22H2,1-6H3,(H,53,65)(H,54,66)(H,55,63)(H,56,64). The van der Waals surface area contributed by atoms with E-state index in [1.54, 1.807) is 50.2 Å². The molecule has 0 heterocycles. The van der Waals surface area contributed by atoms with Crippen LogP contribution in [0, 0.1) is 0 Å². The van der Waals surface area contributed by atoms with E-state index in [9.17, 15) is 28.8 Å². The number of halogens is 5. The summed E-state index contributed by atoms with van der Waals surface area (Å²) in [4.78, 5) is 78.7. The normalized spacial score (nSPS) is 13.0. The number of alkyl halides is 3. The van der Waals surface area contributed by atoms with Crippen LogP contribution in [0.15, 0.2) is 111 Å². The summed E-state index contributed by atoms with van der Waals surface area (Å²) in [5.41, 5.74) is 3.28. The van der Waals surface area contributed by atoms with Gasteiger partial charge in [-0.1, -0.05) is 35.3 Å². The molecule has 0 aliphatic rings. The summed E-state index contributed by atoms with van der Waals surface area (Å²) in [6.07, 6.45) is 0. The molecule has 0 saturated carbocycles. The van der Waals surface area contributed by atoms with Gasteiger partial charge in [0.1, 0.15) is 11.5 Å². The van der Waals surface area contributed by atoms with Crippen molar-refractivity contribution >= 4 is 127 Å². The van der Waals surface area contributed by atoms with Gasteiger partial charge >= 0.3 is 0 Å². The maximum absolute atomic E-state index is 13.4. The van der Waals surface area contributed by atoms with E-state index in [2.05, 4.69) is 41.7 Å². The minimum Gasteiger partial charge on any atom is -0.495 e. The van der Waals surface area contributed by atoms with E-state index in [0.717, 1.165) is 25.0 Å². The van der Waals surface area contributed by atoms with E-state index in [1.807, 2.05) is 0 Å². The van der Waals surface area contributed by atoms with Crippen LogP contribution in [0.3, 0.4) is 0 Å². The van der Waals surface area contributed by atoms with Crippen molar-refractivity contribution in [2.75, 3.05) is 35.5 Å². The molecule has 16 nitrogen and oxygen atoms in total. The van der Waals surface area contributed by atoms with Crippen molar-refractivity contribution < 1.29 is 38.2 Å². The van der Waals surface area contributed by atoms with Gasteiger partial charge in [-0.15, -0.1) is 34.8 Å². The second-order valence-electron chi connectivity index (χ2n) is 14.8. The number of nitrogens with zero attached hydrogens (tertiary/aromatic N) is 4. The van der Waals surface area contributed by atoms with Crippen LogP contribution < -0.4 is 30.7 Å². The average molecular weight is 1030 g/mol. The fourth-order valence-electron chi connectivity index (χ4n) is 6.20. The second-order valence-corrected chi connectivity index (χ2v) is 17.2. The van der Waals surface area contributed by atoms with Crippen LogP contribution in [-0.2, 0) is 25.1 Å². The fraction of sp³-hybridized carbons (Fsp3) is 0.234. The van der Waals surface area contributed by atoms with E-state index >= 15 is 0 Å². The number of anilines is 4. The number of hydrogen-bond donors (Lipinski definition) is 4. The minimum atomic E-state index is -1.62. The number of amides is 4. The first-order chi connectivity index (χ1) is 32.3. The molecule has 0 fully saturated rings. The highest BCUT2D eigenvalue weighted by Gasteiger charge is 2.26. The number of rotatable bonds is 19. The molecule has 21 heteroatoms.